The van der Waals surface area contributed by atoms with E-state index < -0.39 is 0 Å². The first-order valence-electron chi connectivity index (χ1n) is 13.1. The van der Waals surface area contributed by atoms with Gasteiger partial charge in [-0.25, -0.2) is 19.7 Å². The van der Waals surface area contributed by atoms with Crippen molar-refractivity contribution in [3.8, 4) is 0 Å². The molecule has 2 amide bonds. The van der Waals surface area contributed by atoms with Crippen LogP contribution in [0.25, 0.3) is 10.3 Å². The molecule has 0 unspecified atom stereocenters. The maximum absolute atomic E-state index is 12.3. The molecule has 9 nitrogen and oxygen atoms in total. The van der Waals surface area contributed by atoms with Crippen LogP contribution in [0.3, 0.4) is 0 Å². The molecule has 4 heterocycles. The van der Waals surface area contributed by atoms with Crippen molar-refractivity contribution in [3.63, 3.8) is 0 Å². The minimum atomic E-state index is 0.0850. The van der Waals surface area contributed by atoms with E-state index >= 15 is 0 Å². The summed E-state index contributed by atoms with van der Waals surface area (Å²) in [4.78, 5) is 33.6. The van der Waals surface area contributed by atoms with Crippen molar-refractivity contribution in [2.75, 3.05) is 43.4 Å². The van der Waals surface area contributed by atoms with E-state index in [0.717, 1.165) is 78.4 Å². The fourth-order valence-corrected chi connectivity index (χ4v) is 5.40. The molecule has 1 saturated carbocycles. The number of hydrogen-bond acceptors (Lipinski definition) is 8. The van der Waals surface area contributed by atoms with E-state index in [4.69, 9.17) is 9.97 Å². The van der Waals surface area contributed by atoms with Gasteiger partial charge >= 0.3 is 6.03 Å². The first kappa shape index (κ1) is 24.6. The first-order valence-corrected chi connectivity index (χ1v) is 13.9. The Morgan fingerprint density at radius 1 is 1.05 bits per heavy atom. The summed E-state index contributed by atoms with van der Waals surface area (Å²) in [5.41, 5.74) is 4.37. The summed E-state index contributed by atoms with van der Waals surface area (Å²) >= 11 is 1.52. The van der Waals surface area contributed by atoms with Crippen LogP contribution in [0.1, 0.15) is 24.0 Å². The number of nitrogens with zero attached hydrogens (tertiary/aromatic N) is 6. The van der Waals surface area contributed by atoms with Gasteiger partial charge in [-0.05, 0) is 61.7 Å². The number of fused-ring (bicyclic) bond motifs is 1. The van der Waals surface area contributed by atoms with Crippen LogP contribution >= 0.6 is 11.3 Å². The number of nitrogens with one attached hydrogen (secondary N) is 2. The van der Waals surface area contributed by atoms with Gasteiger partial charge in [-0.2, -0.15) is 0 Å². The molecular weight excluding hydrogens is 496 g/mol. The predicted molar refractivity (Wildman–Crippen MR) is 153 cm³/mol. The zero-order valence-corrected chi connectivity index (χ0v) is 22.5. The van der Waals surface area contributed by atoms with Gasteiger partial charge < -0.3 is 20.4 Å². The topological polar surface area (TPSA) is 89.5 Å². The summed E-state index contributed by atoms with van der Waals surface area (Å²) in [5.74, 6) is 1.64. The Labute approximate surface area is 226 Å². The SMILES string of the molecule is Cc1ccc(N(C)c2ccc3nc(Nc4cc(CN5CCN(C(=O)NC6CC6)CC5)ccn4)sc3n2)cc1. The molecule has 38 heavy (non-hydrogen) atoms. The predicted octanol–water partition coefficient (Wildman–Crippen LogP) is 4.90. The summed E-state index contributed by atoms with van der Waals surface area (Å²) < 4.78 is 0. The van der Waals surface area contributed by atoms with E-state index in [9.17, 15) is 4.79 Å². The third-order valence-corrected chi connectivity index (χ3v) is 7.92. The second-order valence-electron chi connectivity index (χ2n) is 10.1. The molecular formula is C28H32N8OS. The summed E-state index contributed by atoms with van der Waals surface area (Å²) in [6.07, 6.45) is 4.06. The van der Waals surface area contributed by atoms with Gasteiger partial charge in [0.25, 0.3) is 0 Å². The van der Waals surface area contributed by atoms with Gasteiger partial charge in [0.2, 0.25) is 0 Å². The summed E-state index contributed by atoms with van der Waals surface area (Å²) in [6.45, 7) is 6.16. The number of aromatic nitrogens is 3. The molecule has 1 aromatic carbocycles. The fourth-order valence-electron chi connectivity index (χ4n) is 4.56. The lowest BCUT2D eigenvalue weighted by Crippen LogP contribution is -2.51. The van der Waals surface area contributed by atoms with Crippen LogP contribution < -0.4 is 15.5 Å². The number of rotatable bonds is 7. The minimum Gasteiger partial charge on any atom is -0.335 e. The summed E-state index contributed by atoms with van der Waals surface area (Å²) in [7, 11) is 2.03. The number of carbonyl (C=O) groups is 1. The molecule has 4 aromatic rings. The standard InChI is InChI=1S/C28H32N8OS/c1-19-3-7-22(8-4-19)34(2)25-10-9-23-26(33-25)38-27(31-23)32-24-17-20(11-12-29-24)18-35-13-15-36(16-14-35)28(37)30-21-5-6-21/h3-4,7-12,17,21H,5-6,13-16,18H2,1-2H3,(H,30,37)(H,29,31,32). The molecule has 6 rings (SSSR count). The highest BCUT2D eigenvalue weighted by atomic mass is 32.1. The lowest BCUT2D eigenvalue weighted by molar-refractivity contribution is 0.135. The summed E-state index contributed by atoms with van der Waals surface area (Å²) in [6, 6.07) is 17.0. The lowest BCUT2D eigenvalue weighted by Gasteiger charge is -2.34. The van der Waals surface area contributed by atoms with Crippen LogP contribution in [0.4, 0.5) is 27.2 Å². The second-order valence-corrected chi connectivity index (χ2v) is 11.0. The van der Waals surface area contributed by atoms with E-state index in [1.165, 1.54) is 22.5 Å². The molecule has 0 atom stereocenters. The van der Waals surface area contributed by atoms with E-state index in [2.05, 4.69) is 62.7 Å². The third kappa shape index (κ3) is 5.71. The number of piperazine rings is 1. The average molecular weight is 529 g/mol. The number of carbonyl (C=O) groups excluding carboxylic acids is 1. The van der Waals surface area contributed by atoms with Crippen LogP contribution in [0.15, 0.2) is 54.7 Å². The number of hydrogen-bond donors (Lipinski definition) is 2. The van der Waals surface area contributed by atoms with Crippen molar-refractivity contribution in [3.05, 3.63) is 65.9 Å². The monoisotopic (exact) mass is 528 g/mol. The van der Waals surface area contributed by atoms with Crippen LogP contribution in [-0.2, 0) is 6.54 Å². The number of benzene rings is 1. The number of thiazole rings is 1. The van der Waals surface area contributed by atoms with Gasteiger partial charge in [-0.15, -0.1) is 0 Å². The highest BCUT2D eigenvalue weighted by Gasteiger charge is 2.27. The van der Waals surface area contributed by atoms with E-state index in [1.807, 2.05) is 36.3 Å². The molecule has 0 radical (unpaired) electrons. The molecule has 1 aliphatic heterocycles. The van der Waals surface area contributed by atoms with Crippen molar-refractivity contribution >= 4 is 50.2 Å². The van der Waals surface area contributed by atoms with E-state index in [1.54, 1.807) is 0 Å². The molecule has 3 aromatic heterocycles. The summed E-state index contributed by atoms with van der Waals surface area (Å²) in [5, 5.41) is 7.22. The Kier molecular flexibility index (Phi) is 6.82. The number of amides is 2. The largest absolute Gasteiger partial charge is 0.335 e. The second kappa shape index (κ2) is 10.5. The molecule has 2 fully saturated rings. The molecule has 1 saturated heterocycles. The van der Waals surface area contributed by atoms with Crippen LogP contribution in [0, 0.1) is 6.92 Å². The van der Waals surface area contributed by atoms with Crippen molar-refractivity contribution in [2.24, 2.45) is 0 Å². The average Bonchev–Trinajstić information content (AvgIpc) is 3.65. The normalized spacial score (nSPS) is 16.0. The number of urea groups is 1. The first-order chi connectivity index (χ1) is 18.5. The van der Waals surface area contributed by atoms with Crippen LogP contribution in [0.2, 0.25) is 0 Å². The van der Waals surface area contributed by atoms with Crippen molar-refractivity contribution < 1.29 is 4.79 Å². The Morgan fingerprint density at radius 2 is 1.84 bits per heavy atom. The van der Waals surface area contributed by atoms with Gasteiger partial charge in [0, 0.05) is 57.7 Å². The van der Waals surface area contributed by atoms with Gasteiger partial charge in [0.1, 0.15) is 22.0 Å². The number of aryl methyl sites for hydroxylation is 1. The van der Waals surface area contributed by atoms with E-state index in [0.29, 0.717) is 6.04 Å². The van der Waals surface area contributed by atoms with Gasteiger partial charge in [-0.1, -0.05) is 29.0 Å². The third-order valence-electron chi connectivity index (χ3n) is 7.04. The molecule has 0 spiro atoms. The van der Waals surface area contributed by atoms with Crippen molar-refractivity contribution in [2.45, 2.75) is 32.4 Å². The molecule has 196 valence electrons. The molecule has 1 aliphatic carbocycles. The van der Waals surface area contributed by atoms with Gasteiger partial charge in [0.15, 0.2) is 5.13 Å². The van der Waals surface area contributed by atoms with Gasteiger partial charge in [-0.3, -0.25) is 4.90 Å². The quantitative estimate of drug-likeness (QED) is 0.353. The smallest absolute Gasteiger partial charge is 0.317 e. The Hall–Kier alpha value is -3.76. The number of pyridine rings is 2. The van der Waals surface area contributed by atoms with E-state index in [-0.39, 0.29) is 6.03 Å². The maximum Gasteiger partial charge on any atom is 0.317 e. The molecule has 2 aliphatic rings. The maximum atomic E-state index is 12.3. The van der Waals surface area contributed by atoms with Crippen molar-refractivity contribution in [1.29, 1.82) is 0 Å². The Balaban J connectivity index is 1.08. The fraction of sp³-hybridized carbons (Fsp3) is 0.357. The Morgan fingerprint density at radius 3 is 2.61 bits per heavy atom. The highest BCUT2D eigenvalue weighted by Crippen LogP contribution is 2.30. The van der Waals surface area contributed by atoms with Gasteiger partial charge in [0.05, 0.1) is 0 Å². The molecule has 0 bridgehead atoms. The minimum absolute atomic E-state index is 0.0850. The Bertz CT molecular complexity index is 1430. The zero-order valence-electron chi connectivity index (χ0n) is 21.7. The molecule has 2 N–H and O–H groups in total. The lowest BCUT2D eigenvalue weighted by atomic mass is 10.2. The number of anilines is 4. The highest BCUT2D eigenvalue weighted by molar-refractivity contribution is 7.21. The van der Waals surface area contributed by atoms with Crippen molar-refractivity contribution in [1.82, 2.24) is 30.1 Å². The molecule has 10 heteroatoms. The zero-order chi connectivity index (χ0) is 26.1. The van der Waals surface area contributed by atoms with Crippen LogP contribution in [-0.4, -0.2) is 70.1 Å². The van der Waals surface area contributed by atoms with Crippen LogP contribution in [0.5, 0.6) is 0 Å².